The van der Waals surface area contributed by atoms with Gasteiger partial charge in [0.2, 0.25) is 0 Å². The number of hydrogen-bond acceptors (Lipinski definition) is 9. The molecule has 1 aliphatic carbocycles. The predicted octanol–water partition coefficient (Wildman–Crippen LogP) is 1.61. The second kappa shape index (κ2) is 19.8. The fourth-order valence-electron chi connectivity index (χ4n) is 3.45. The summed E-state index contributed by atoms with van der Waals surface area (Å²) in [5, 5.41) is 2.72. The van der Waals surface area contributed by atoms with Crippen LogP contribution in [0.25, 0.3) is 0 Å². The summed E-state index contributed by atoms with van der Waals surface area (Å²) in [6.45, 7) is 4.77. The number of carbonyl (C=O) groups is 3. The van der Waals surface area contributed by atoms with Gasteiger partial charge in [0.1, 0.15) is 6.10 Å². The number of nitrogens with zero attached hydrogens (tertiary/aromatic N) is 1. The van der Waals surface area contributed by atoms with Crippen molar-refractivity contribution < 1.29 is 42.8 Å². The minimum absolute atomic E-state index is 0.0113. The molecule has 3 amide bonds. The fourth-order valence-corrected chi connectivity index (χ4v) is 3.45. The highest BCUT2D eigenvalue weighted by Gasteiger charge is 2.22. The zero-order valence-electron chi connectivity index (χ0n) is 21.0. The highest BCUT2D eigenvalue weighted by molar-refractivity contribution is 6.12. The van der Waals surface area contributed by atoms with E-state index >= 15 is 0 Å². The average molecular weight is 513 g/mol. The van der Waals surface area contributed by atoms with E-state index in [0.29, 0.717) is 66.0 Å². The molecule has 11 nitrogen and oxygen atoms in total. The zero-order chi connectivity index (χ0) is 25.7. The Morgan fingerprint density at radius 1 is 0.750 bits per heavy atom. The molecule has 1 aliphatic heterocycles. The van der Waals surface area contributed by atoms with Crippen molar-refractivity contribution in [3.8, 4) is 0 Å². The van der Waals surface area contributed by atoms with Gasteiger partial charge in [0, 0.05) is 18.7 Å². The maximum absolute atomic E-state index is 11.9. The third-order valence-electron chi connectivity index (χ3n) is 5.36. The van der Waals surface area contributed by atoms with E-state index < -0.39 is 0 Å². The SMILES string of the molecule is O=C(NCCOCCOCCOCCOCCOCCN1C(=O)C=CC1=O)OC1CC/C=C\CCC1. The van der Waals surface area contributed by atoms with Crippen molar-refractivity contribution in [2.45, 2.75) is 38.2 Å². The summed E-state index contributed by atoms with van der Waals surface area (Å²) in [7, 11) is 0. The van der Waals surface area contributed by atoms with Crippen molar-refractivity contribution in [3.05, 3.63) is 24.3 Å². The quantitative estimate of drug-likeness (QED) is 0.156. The van der Waals surface area contributed by atoms with Gasteiger partial charge in [-0.15, -0.1) is 0 Å². The molecule has 2 rings (SSSR count). The first-order valence-electron chi connectivity index (χ1n) is 12.7. The Bertz CT molecular complexity index is 681. The Morgan fingerprint density at radius 3 is 1.89 bits per heavy atom. The predicted molar refractivity (Wildman–Crippen MR) is 130 cm³/mol. The van der Waals surface area contributed by atoms with E-state index in [1.807, 2.05) is 0 Å². The van der Waals surface area contributed by atoms with Crippen molar-refractivity contribution in [2.75, 3.05) is 79.2 Å². The first-order chi connectivity index (χ1) is 17.7. The van der Waals surface area contributed by atoms with E-state index in [4.69, 9.17) is 28.4 Å². The Labute approximate surface area is 213 Å². The van der Waals surface area contributed by atoms with Crippen LogP contribution in [0.1, 0.15) is 32.1 Å². The molecule has 1 heterocycles. The standard InChI is InChI=1S/C25H40N2O9/c28-23-8-9-24(29)27(23)11-13-32-15-17-34-19-21-35-20-18-33-16-14-31-12-10-26-25(30)36-22-6-4-2-1-3-5-7-22/h1-2,8-9,22H,3-7,10-21H2,(H,26,30)/b2-1-. The van der Waals surface area contributed by atoms with Crippen LogP contribution in [0.4, 0.5) is 4.79 Å². The maximum Gasteiger partial charge on any atom is 0.407 e. The van der Waals surface area contributed by atoms with Crippen LogP contribution in [-0.2, 0) is 38.0 Å². The first kappa shape index (κ1) is 29.9. The van der Waals surface area contributed by atoms with Gasteiger partial charge in [-0.3, -0.25) is 14.5 Å². The van der Waals surface area contributed by atoms with Crippen LogP contribution in [0, 0.1) is 0 Å². The fraction of sp³-hybridized carbons (Fsp3) is 0.720. The van der Waals surface area contributed by atoms with Crippen LogP contribution < -0.4 is 5.32 Å². The lowest BCUT2D eigenvalue weighted by molar-refractivity contribution is -0.137. The number of nitrogens with one attached hydrogen (secondary N) is 1. The van der Waals surface area contributed by atoms with Crippen LogP contribution in [0.2, 0.25) is 0 Å². The van der Waals surface area contributed by atoms with Gasteiger partial charge in [0.25, 0.3) is 11.8 Å². The van der Waals surface area contributed by atoms with E-state index in [1.165, 1.54) is 12.2 Å². The maximum atomic E-state index is 11.9. The molecular weight excluding hydrogens is 472 g/mol. The lowest BCUT2D eigenvalue weighted by atomic mass is 10.0. The molecule has 0 fully saturated rings. The minimum atomic E-state index is -0.385. The number of allylic oxidation sites excluding steroid dienone is 2. The number of amides is 3. The molecule has 0 saturated carbocycles. The topological polar surface area (TPSA) is 122 Å². The Morgan fingerprint density at radius 2 is 1.28 bits per heavy atom. The van der Waals surface area contributed by atoms with Gasteiger partial charge in [-0.2, -0.15) is 0 Å². The summed E-state index contributed by atoms with van der Waals surface area (Å²) >= 11 is 0. The first-order valence-corrected chi connectivity index (χ1v) is 12.7. The molecule has 0 aromatic rings. The van der Waals surface area contributed by atoms with E-state index in [2.05, 4.69) is 17.5 Å². The summed E-state index contributed by atoms with van der Waals surface area (Å²) in [6, 6.07) is 0. The smallest absolute Gasteiger partial charge is 0.407 e. The van der Waals surface area contributed by atoms with Crippen molar-refractivity contribution >= 4 is 17.9 Å². The number of carbonyl (C=O) groups excluding carboxylic acids is 3. The molecule has 1 N–H and O–H groups in total. The van der Waals surface area contributed by atoms with Crippen molar-refractivity contribution in [1.82, 2.24) is 10.2 Å². The van der Waals surface area contributed by atoms with E-state index in [1.54, 1.807) is 0 Å². The number of ether oxygens (including phenoxy) is 6. The molecule has 36 heavy (non-hydrogen) atoms. The molecule has 0 aromatic carbocycles. The summed E-state index contributed by atoms with van der Waals surface area (Å²) in [6.07, 6.45) is 11.3. The Hall–Kier alpha value is -2.31. The number of hydrogen-bond donors (Lipinski definition) is 1. The highest BCUT2D eigenvalue weighted by atomic mass is 16.6. The van der Waals surface area contributed by atoms with Crippen LogP contribution in [0.15, 0.2) is 24.3 Å². The molecule has 2 aliphatic rings. The number of imide groups is 1. The Kier molecular flexibility index (Phi) is 16.5. The van der Waals surface area contributed by atoms with Crippen LogP contribution in [0.3, 0.4) is 0 Å². The minimum Gasteiger partial charge on any atom is -0.446 e. The number of rotatable bonds is 19. The second-order valence-corrected chi connectivity index (χ2v) is 8.16. The largest absolute Gasteiger partial charge is 0.446 e. The highest BCUT2D eigenvalue weighted by Crippen LogP contribution is 2.15. The summed E-state index contributed by atoms with van der Waals surface area (Å²) in [4.78, 5) is 35.7. The Balaban J connectivity index is 1.25. The van der Waals surface area contributed by atoms with Crippen molar-refractivity contribution in [1.29, 1.82) is 0 Å². The molecule has 0 spiro atoms. The van der Waals surface area contributed by atoms with Gasteiger partial charge in [-0.1, -0.05) is 12.2 Å². The van der Waals surface area contributed by atoms with Crippen LogP contribution >= 0.6 is 0 Å². The van der Waals surface area contributed by atoms with Crippen LogP contribution in [-0.4, -0.2) is 108 Å². The monoisotopic (exact) mass is 512 g/mol. The van der Waals surface area contributed by atoms with Gasteiger partial charge in [-0.25, -0.2) is 4.79 Å². The van der Waals surface area contributed by atoms with Gasteiger partial charge < -0.3 is 33.7 Å². The second-order valence-electron chi connectivity index (χ2n) is 8.16. The van der Waals surface area contributed by atoms with E-state index in [-0.39, 0.29) is 37.2 Å². The van der Waals surface area contributed by atoms with Crippen molar-refractivity contribution in [3.63, 3.8) is 0 Å². The number of alkyl carbamates (subject to hydrolysis) is 1. The van der Waals surface area contributed by atoms with Gasteiger partial charge in [0.15, 0.2) is 0 Å². The third-order valence-corrected chi connectivity index (χ3v) is 5.36. The summed E-state index contributed by atoms with van der Waals surface area (Å²) < 4.78 is 32.5. The molecule has 204 valence electrons. The van der Waals surface area contributed by atoms with Crippen LogP contribution in [0.5, 0.6) is 0 Å². The zero-order valence-corrected chi connectivity index (χ0v) is 21.0. The normalized spacial score (nSPS) is 18.8. The molecule has 1 unspecified atom stereocenters. The lowest BCUT2D eigenvalue weighted by Gasteiger charge is -2.18. The van der Waals surface area contributed by atoms with Gasteiger partial charge in [-0.05, 0) is 32.1 Å². The molecular formula is C25H40N2O9. The molecule has 1 atom stereocenters. The van der Waals surface area contributed by atoms with Gasteiger partial charge in [0.05, 0.1) is 72.6 Å². The van der Waals surface area contributed by atoms with Gasteiger partial charge >= 0.3 is 6.09 Å². The molecule has 0 radical (unpaired) electrons. The molecule has 11 heteroatoms. The summed E-state index contributed by atoms with van der Waals surface area (Å²) in [5.74, 6) is -0.614. The molecule has 0 bridgehead atoms. The van der Waals surface area contributed by atoms with E-state index in [0.717, 1.165) is 37.0 Å². The summed E-state index contributed by atoms with van der Waals surface area (Å²) in [5.41, 5.74) is 0. The lowest BCUT2D eigenvalue weighted by Crippen LogP contribution is -2.33. The third kappa shape index (κ3) is 14.3. The average Bonchev–Trinajstić information content (AvgIpc) is 3.17. The molecule has 0 aromatic heterocycles. The van der Waals surface area contributed by atoms with Crippen molar-refractivity contribution in [2.24, 2.45) is 0 Å². The molecule has 0 saturated heterocycles. The van der Waals surface area contributed by atoms with E-state index in [9.17, 15) is 14.4 Å².